The van der Waals surface area contributed by atoms with Gasteiger partial charge in [0.15, 0.2) is 6.19 Å². The summed E-state index contributed by atoms with van der Waals surface area (Å²) in [5, 5.41) is 23.2. The number of nitrogens with zero attached hydrogens (tertiary/aromatic N) is 3. The van der Waals surface area contributed by atoms with E-state index in [1.165, 1.54) is 0 Å². The molecule has 0 bridgehead atoms. The van der Waals surface area contributed by atoms with Gasteiger partial charge in [0, 0.05) is 5.69 Å². The van der Waals surface area contributed by atoms with E-state index in [9.17, 15) is 0 Å². The Labute approximate surface area is 129 Å². The van der Waals surface area contributed by atoms with Crippen LogP contribution in [-0.2, 0) is 0 Å². The van der Waals surface area contributed by atoms with Crippen molar-refractivity contribution in [3.63, 3.8) is 0 Å². The SMILES string of the molecule is CC(N=C(NC#N)Nc1ccc(C#N)cc1)c1ccccc1. The van der Waals surface area contributed by atoms with Gasteiger partial charge in [0.2, 0.25) is 5.96 Å². The van der Waals surface area contributed by atoms with Gasteiger partial charge in [-0.15, -0.1) is 0 Å². The number of benzene rings is 2. The molecule has 2 rings (SSSR count). The number of nitrogens with one attached hydrogen (secondary N) is 2. The Morgan fingerprint density at radius 3 is 2.32 bits per heavy atom. The molecule has 0 aromatic heterocycles. The van der Waals surface area contributed by atoms with Crippen molar-refractivity contribution in [3.8, 4) is 12.3 Å². The number of hydrogen-bond acceptors (Lipinski definition) is 3. The molecule has 0 heterocycles. The van der Waals surface area contributed by atoms with Gasteiger partial charge >= 0.3 is 0 Å². The van der Waals surface area contributed by atoms with E-state index in [1.54, 1.807) is 24.3 Å². The van der Waals surface area contributed by atoms with Crippen molar-refractivity contribution in [1.82, 2.24) is 5.32 Å². The standard InChI is InChI=1S/C17H15N5/c1-13(15-5-3-2-4-6-15)21-17(20-12-19)22-16-9-7-14(11-18)8-10-16/h2-10,13H,1H3,(H2,20,21,22). The Kier molecular flexibility index (Phi) is 5.12. The van der Waals surface area contributed by atoms with Gasteiger partial charge in [-0.05, 0) is 36.8 Å². The van der Waals surface area contributed by atoms with Crippen molar-refractivity contribution in [2.45, 2.75) is 13.0 Å². The molecule has 2 aromatic carbocycles. The Hall–Kier alpha value is -3.31. The average molecular weight is 289 g/mol. The van der Waals surface area contributed by atoms with Crippen LogP contribution in [0.25, 0.3) is 0 Å². The first-order valence-corrected chi connectivity index (χ1v) is 6.78. The Morgan fingerprint density at radius 1 is 1.05 bits per heavy atom. The summed E-state index contributed by atoms with van der Waals surface area (Å²) in [5.41, 5.74) is 2.39. The molecule has 0 aliphatic heterocycles. The van der Waals surface area contributed by atoms with Crippen LogP contribution >= 0.6 is 0 Å². The summed E-state index contributed by atoms with van der Waals surface area (Å²) in [4.78, 5) is 4.48. The van der Waals surface area contributed by atoms with Crippen molar-refractivity contribution in [2.75, 3.05) is 5.32 Å². The second-order valence-corrected chi connectivity index (χ2v) is 4.62. The molecule has 0 saturated heterocycles. The summed E-state index contributed by atoms with van der Waals surface area (Å²) >= 11 is 0. The summed E-state index contributed by atoms with van der Waals surface area (Å²) in [7, 11) is 0. The molecule has 0 aliphatic carbocycles. The van der Waals surface area contributed by atoms with Crippen LogP contribution in [0, 0.1) is 22.8 Å². The third kappa shape index (κ3) is 4.09. The molecule has 5 heteroatoms. The summed E-state index contributed by atoms with van der Waals surface area (Å²) < 4.78 is 0. The highest BCUT2D eigenvalue weighted by Gasteiger charge is 2.06. The first-order chi connectivity index (χ1) is 10.7. The maximum Gasteiger partial charge on any atom is 0.209 e. The smallest absolute Gasteiger partial charge is 0.209 e. The van der Waals surface area contributed by atoms with Gasteiger partial charge in [-0.2, -0.15) is 10.5 Å². The second kappa shape index (κ2) is 7.47. The van der Waals surface area contributed by atoms with E-state index in [4.69, 9.17) is 10.5 Å². The minimum absolute atomic E-state index is 0.0945. The number of hydrogen-bond donors (Lipinski definition) is 2. The van der Waals surface area contributed by atoms with Gasteiger partial charge in [-0.1, -0.05) is 30.3 Å². The van der Waals surface area contributed by atoms with Crippen LogP contribution in [0.2, 0.25) is 0 Å². The maximum atomic E-state index is 8.86. The summed E-state index contributed by atoms with van der Waals surface area (Å²) in [6, 6.07) is 18.7. The highest BCUT2D eigenvalue weighted by molar-refractivity contribution is 5.94. The molecular weight excluding hydrogens is 274 g/mol. The zero-order valence-electron chi connectivity index (χ0n) is 12.1. The number of aliphatic imine (C=N–C) groups is 1. The van der Waals surface area contributed by atoms with Crippen LogP contribution < -0.4 is 10.6 Å². The number of guanidine groups is 1. The van der Waals surface area contributed by atoms with Crippen molar-refractivity contribution in [3.05, 3.63) is 65.7 Å². The van der Waals surface area contributed by atoms with E-state index < -0.39 is 0 Å². The lowest BCUT2D eigenvalue weighted by molar-refractivity contribution is 0.813. The lowest BCUT2D eigenvalue weighted by atomic mass is 10.1. The van der Waals surface area contributed by atoms with Gasteiger partial charge < -0.3 is 5.32 Å². The Balaban J connectivity index is 2.17. The Morgan fingerprint density at radius 2 is 1.73 bits per heavy atom. The van der Waals surface area contributed by atoms with E-state index >= 15 is 0 Å². The molecule has 2 N–H and O–H groups in total. The van der Waals surface area contributed by atoms with Gasteiger partial charge in [0.1, 0.15) is 0 Å². The number of nitriles is 2. The molecule has 2 aromatic rings. The van der Waals surface area contributed by atoms with Crippen LogP contribution in [0.15, 0.2) is 59.6 Å². The normalized spacial score (nSPS) is 11.9. The molecule has 108 valence electrons. The first kappa shape index (κ1) is 15.1. The highest BCUT2D eigenvalue weighted by Crippen LogP contribution is 2.16. The molecule has 1 unspecified atom stereocenters. The van der Waals surface area contributed by atoms with Gasteiger partial charge in [0.05, 0.1) is 17.7 Å². The molecule has 0 saturated carbocycles. The zero-order valence-corrected chi connectivity index (χ0v) is 12.1. The van der Waals surface area contributed by atoms with E-state index in [2.05, 4.69) is 21.7 Å². The van der Waals surface area contributed by atoms with Crippen LogP contribution in [-0.4, -0.2) is 5.96 Å². The molecule has 0 fully saturated rings. The predicted octanol–water partition coefficient (Wildman–Crippen LogP) is 3.16. The van der Waals surface area contributed by atoms with Gasteiger partial charge in [-0.3, -0.25) is 5.32 Å². The Bertz CT molecular complexity index is 720. The van der Waals surface area contributed by atoms with Crippen LogP contribution in [0.5, 0.6) is 0 Å². The summed E-state index contributed by atoms with van der Waals surface area (Å²) in [6.45, 7) is 1.95. The lowest BCUT2D eigenvalue weighted by Gasteiger charge is -2.12. The highest BCUT2D eigenvalue weighted by atomic mass is 15.2. The lowest BCUT2D eigenvalue weighted by Crippen LogP contribution is -2.27. The van der Waals surface area contributed by atoms with Gasteiger partial charge in [0.25, 0.3) is 0 Å². The molecule has 1 atom stereocenters. The molecule has 22 heavy (non-hydrogen) atoms. The summed E-state index contributed by atoms with van der Waals surface area (Å²) in [6.07, 6.45) is 1.87. The molecule has 0 spiro atoms. The monoisotopic (exact) mass is 289 g/mol. The largest absolute Gasteiger partial charge is 0.326 e. The molecular formula is C17H15N5. The first-order valence-electron chi connectivity index (χ1n) is 6.78. The molecule has 0 radical (unpaired) electrons. The van der Waals surface area contributed by atoms with E-state index in [-0.39, 0.29) is 6.04 Å². The molecule has 0 amide bonds. The fraction of sp³-hybridized carbons (Fsp3) is 0.118. The molecule has 5 nitrogen and oxygen atoms in total. The van der Waals surface area contributed by atoms with Crippen LogP contribution in [0.3, 0.4) is 0 Å². The van der Waals surface area contributed by atoms with Crippen LogP contribution in [0.1, 0.15) is 24.1 Å². The van der Waals surface area contributed by atoms with Crippen molar-refractivity contribution >= 4 is 11.6 Å². The third-order valence-corrected chi connectivity index (χ3v) is 3.06. The van der Waals surface area contributed by atoms with Crippen LogP contribution in [0.4, 0.5) is 5.69 Å². The van der Waals surface area contributed by atoms with Crippen molar-refractivity contribution in [1.29, 1.82) is 10.5 Å². The predicted molar refractivity (Wildman–Crippen MR) is 85.8 cm³/mol. The zero-order chi connectivity index (χ0) is 15.8. The minimum Gasteiger partial charge on any atom is -0.326 e. The third-order valence-electron chi connectivity index (χ3n) is 3.06. The topological polar surface area (TPSA) is 84.0 Å². The number of rotatable bonds is 3. The minimum atomic E-state index is -0.0945. The van der Waals surface area contributed by atoms with Gasteiger partial charge in [-0.25, -0.2) is 4.99 Å². The van der Waals surface area contributed by atoms with Crippen molar-refractivity contribution in [2.24, 2.45) is 4.99 Å². The number of anilines is 1. The average Bonchev–Trinajstić information content (AvgIpc) is 2.56. The van der Waals surface area contributed by atoms with E-state index in [0.29, 0.717) is 11.5 Å². The fourth-order valence-corrected chi connectivity index (χ4v) is 1.91. The van der Waals surface area contributed by atoms with E-state index in [1.807, 2.05) is 43.4 Å². The van der Waals surface area contributed by atoms with Crippen molar-refractivity contribution < 1.29 is 0 Å². The quantitative estimate of drug-likeness (QED) is 0.393. The fourth-order valence-electron chi connectivity index (χ4n) is 1.91. The molecule has 0 aliphatic rings. The van der Waals surface area contributed by atoms with E-state index in [0.717, 1.165) is 11.3 Å². The maximum absolute atomic E-state index is 8.86. The second-order valence-electron chi connectivity index (χ2n) is 4.62. The summed E-state index contributed by atoms with van der Waals surface area (Å²) in [5.74, 6) is 0.364.